The van der Waals surface area contributed by atoms with Crippen molar-refractivity contribution in [3.63, 3.8) is 0 Å². The quantitative estimate of drug-likeness (QED) is 0.671. The summed E-state index contributed by atoms with van der Waals surface area (Å²) in [5.41, 5.74) is 2.63. The summed E-state index contributed by atoms with van der Waals surface area (Å²) in [6.45, 7) is 2.65. The summed E-state index contributed by atoms with van der Waals surface area (Å²) in [5.74, 6) is 1.42. The standard InChI is InChI=1S/C21H23ClN6O/c1-23-21-24-10-14(11-25-21)12-28-8-2-3-16(13-28)18-9-19(29)27-20(26-18)15-4-6-17(22)7-5-15/h4-7,9-11,16H,2-3,8,12-13H2,1H3,(H,23,24,25)(H,26,27,29)/t16-/m0/s1. The topological polar surface area (TPSA) is 86.8 Å². The molecule has 29 heavy (non-hydrogen) atoms. The van der Waals surface area contributed by atoms with Gasteiger partial charge in [0.05, 0.1) is 5.69 Å². The Labute approximate surface area is 174 Å². The molecule has 0 bridgehead atoms. The minimum atomic E-state index is -0.131. The fourth-order valence-corrected chi connectivity index (χ4v) is 3.82. The maximum atomic E-state index is 12.3. The number of rotatable bonds is 5. The zero-order valence-corrected chi connectivity index (χ0v) is 17.0. The van der Waals surface area contributed by atoms with Crippen molar-refractivity contribution in [3.05, 3.63) is 69.4 Å². The van der Waals surface area contributed by atoms with Crippen LogP contribution in [0.5, 0.6) is 0 Å². The molecule has 0 saturated carbocycles. The molecule has 1 aliphatic rings. The van der Waals surface area contributed by atoms with Crippen molar-refractivity contribution in [2.45, 2.75) is 25.3 Å². The smallest absolute Gasteiger partial charge is 0.251 e. The van der Waals surface area contributed by atoms with Crippen LogP contribution in [0.2, 0.25) is 5.02 Å². The molecule has 1 saturated heterocycles. The van der Waals surface area contributed by atoms with Crippen LogP contribution in [0.4, 0.5) is 5.95 Å². The molecule has 4 rings (SSSR count). The van der Waals surface area contributed by atoms with Gasteiger partial charge >= 0.3 is 0 Å². The number of aromatic nitrogens is 4. The summed E-state index contributed by atoms with van der Waals surface area (Å²) in [4.78, 5) is 30.8. The molecule has 1 atom stereocenters. The predicted octanol–water partition coefficient (Wildman–Crippen LogP) is 3.30. The van der Waals surface area contributed by atoms with Gasteiger partial charge in [-0.1, -0.05) is 11.6 Å². The summed E-state index contributed by atoms with van der Waals surface area (Å²) >= 11 is 5.97. The number of H-pyrrole nitrogens is 1. The van der Waals surface area contributed by atoms with E-state index in [9.17, 15) is 4.79 Å². The van der Waals surface area contributed by atoms with Gasteiger partial charge in [0.2, 0.25) is 5.95 Å². The van der Waals surface area contributed by atoms with E-state index < -0.39 is 0 Å². The van der Waals surface area contributed by atoms with Crippen molar-refractivity contribution in [2.24, 2.45) is 0 Å². The molecule has 0 amide bonds. The number of nitrogens with zero attached hydrogens (tertiary/aromatic N) is 4. The minimum absolute atomic E-state index is 0.131. The number of hydrogen-bond donors (Lipinski definition) is 2. The van der Waals surface area contributed by atoms with Crippen LogP contribution in [-0.4, -0.2) is 45.0 Å². The zero-order valence-electron chi connectivity index (χ0n) is 16.2. The SMILES string of the molecule is CNc1ncc(CN2CCC[C@H](c3cc(=O)[nH]c(-c4ccc(Cl)cc4)n3)C2)cn1. The molecule has 150 valence electrons. The molecule has 3 heterocycles. The molecule has 1 aliphatic heterocycles. The molecule has 0 radical (unpaired) electrons. The summed E-state index contributed by atoms with van der Waals surface area (Å²) in [6.07, 6.45) is 5.78. The number of anilines is 1. The predicted molar refractivity (Wildman–Crippen MR) is 114 cm³/mol. The Kier molecular flexibility index (Phi) is 5.87. The lowest BCUT2D eigenvalue weighted by Crippen LogP contribution is -2.34. The highest BCUT2D eigenvalue weighted by molar-refractivity contribution is 6.30. The van der Waals surface area contributed by atoms with Crippen molar-refractivity contribution in [3.8, 4) is 11.4 Å². The summed E-state index contributed by atoms with van der Waals surface area (Å²) in [6, 6.07) is 8.96. The maximum absolute atomic E-state index is 12.3. The molecular weight excluding hydrogens is 388 g/mol. The maximum Gasteiger partial charge on any atom is 0.251 e. The van der Waals surface area contributed by atoms with Crippen LogP contribution in [0.1, 0.15) is 30.0 Å². The van der Waals surface area contributed by atoms with Crippen LogP contribution in [0.15, 0.2) is 47.5 Å². The molecule has 3 aromatic rings. The highest BCUT2D eigenvalue weighted by atomic mass is 35.5. The number of halogens is 1. The van der Waals surface area contributed by atoms with Gasteiger partial charge in [0.25, 0.3) is 5.56 Å². The molecule has 1 aromatic carbocycles. The number of likely N-dealkylation sites (tertiary alicyclic amines) is 1. The van der Waals surface area contributed by atoms with Crippen molar-refractivity contribution in [2.75, 3.05) is 25.5 Å². The van der Waals surface area contributed by atoms with Crippen molar-refractivity contribution >= 4 is 17.5 Å². The van der Waals surface area contributed by atoms with E-state index in [1.54, 1.807) is 25.2 Å². The van der Waals surface area contributed by atoms with E-state index in [1.807, 2.05) is 24.5 Å². The van der Waals surface area contributed by atoms with Crippen LogP contribution < -0.4 is 10.9 Å². The third-order valence-electron chi connectivity index (χ3n) is 5.14. The lowest BCUT2D eigenvalue weighted by molar-refractivity contribution is 0.198. The first-order valence-corrected chi connectivity index (χ1v) is 10.1. The third-order valence-corrected chi connectivity index (χ3v) is 5.39. The average Bonchev–Trinajstić information content (AvgIpc) is 2.74. The number of aromatic amines is 1. The van der Waals surface area contributed by atoms with Gasteiger partial charge in [-0.05, 0) is 43.7 Å². The van der Waals surface area contributed by atoms with Crippen LogP contribution in [0.3, 0.4) is 0 Å². The third kappa shape index (κ3) is 4.81. The van der Waals surface area contributed by atoms with Gasteiger partial charge in [0.1, 0.15) is 5.82 Å². The van der Waals surface area contributed by atoms with E-state index in [4.69, 9.17) is 16.6 Å². The molecule has 8 heteroatoms. The summed E-state index contributed by atoms with van der Waals surface area (Å²) < 4.78 is 0. The van der Waals surface area contributed by atoms with E-state index in [1.165, 1.54) is 0 Å². The molecular formula is C21H23ClN6O. The van der Waals surface area contributed by atoms with E-state index in [2.05, 4.69) is 25.2 Å². The monoisotopic (exact) mass is 410 g/mol. The van der Waals surface area contributed by atoms with Crippen LogP contribution in [0, 0.1) is 0 Å². The first-order valence-electron chi connectivity index (χ1n) is 9.69. The molecule has 2 aromatic heterocycles. The average molecular weight is 411 g/mol. The van der Waals surface area contributed by atoms with Crippen molar-refractivity contribution < 1.29 is 0 Å². The zero-order chi connectivity index (χ0) is 20.2. The number of hydrogen-bond acceptors (Lipinski definition) is 6. The van der Waals surface area contributed by atoms with Crippen LogP contribution in [-0.2, 0) is 6.54 Å². The van der Waals surface area contributed by atoms with E-state index in [0.717, 1.165) is 49.3 Å². The first-order chi connectivity index (χ1) is 14.1. The van der Waals surface area contributed by atoms with E-state index in [-0.39, 0.29) is 11.5 Å². The fourth-order valence-electron chi connectivity index (χ4n) is 3.69. The Morgan fingerprint density at radius 2 is 2.00 bits per heavy atom. The summed E-state index contributed by atoms with van der Waals surface area (Å²) in [5, 5.41) is 3.58. The molecule has 0 spiro atoms. The Balaban J connectivity index is 1.51. The Morgan fingerprint density at radius 3 is 2.72 bits per heavy atom. The number of piperidine rings is 1. The van der Waals surface area contributed by atoms with Crippen molar-refractivity contribution in [1.29, 1.82) is 0 Å². The highest BCUT2D eigenvalue weighted by Crippen LogP contribution is 2.27. The Morgan fingerprint density at radius 1 is 1.24 bits per heavy atom. The van der Waals surface area contributed by atoms with Gasteiger partial charge < -0.3 is 10.3 Å². The number of benzene rings is 1. The van der Waals surface area contributed by atoms with E-state index >= 15 is 0 Å². The van der Waals surface area contributed by atoms with Crippen molar-refractivity contribution in [1.82, 2.24) is 24.8 Å². The van der Waals surface area contributed by atoms with Gasteiger partial charge in [0.15, 0.2) is 0 Å². The Hall–Kier alpha value is -2.77. The molecule has 0 unspecified atom stereocenters. The molecule has 0 aliphatic carbocycles. The van der Waals surface area contributed by atoms with Gasteiger partial charge in [0, 0.05) is 60.7 Å². The van der Waals surface area contributed by atoms with E-state index in [0.29, 0.717) is 16.8 Å². The van der Waals surface area contributed by atoms with Crippen LogP contribution >= 0.6 is 11.6 Å². The number of nitrogens with one attached hydrogen (secondary N) is 2. The molecule has 1 fully saturated rings. The second kappa shape index (κ2) is 8.71. The lowest BCUT2D eigenvalue weighted by atomic mass is 9.94. The molecule has 7 nitrogen and oxygen atoms in total. The molecule has 2 N–H and O–H groups in total. The van der Waals surface area contributed by atoms with Gasteiger partial charge in [-0.25, -0.2) is 15.0 Å². The second-order valence-corrected chi connectivity index (χ2v) is 7.70. The minimum Gasteiger partial charge on any atom is -0.357 e. The van der Waals surface area contributed by atoms with Crippen LogP contribution in [0.25, 0.3) is 11.4 Å². The normalized spacial score (nSPS) is 17.2. The second-order valence-electron chi connectivity index (χ2n) is 7.26. The summed E-state index contributed by atoms with van der Waals surface area (Å²) in [7, 11) is 1.80. The largest absolute Gasteiger partial charge is 0.357 e. The van der Waals surface area contributed by atoms with Gasteiger partial charge in [-0.15, -0.1) is 0 Å². The lowest BCUT2D eigenvalue weighted by Gasteiger charge is -2.32. The van der Waals surface area contributed by atoms with Gasteiger partial charge in [-0.2, -0.15) is 0 Å². The van der Waals surface area contributed by atoms with Gasteiger partial charge in [-0.3, -0.25) is 9.69 Å². The fraction of sp³-hybridized carbons (Fsp3) is 0.333. The Bertz CT molecular complexity index is 1020. The first kappa shape index (κ1) is 19.5. The highest BCUT2D eigenvalue weighted by Gasteiger charge is 2.23.